The highest BCUT2D eigenvalue weighted by Gasteiger charge is 2.36. The molecule has 0 N–H and O–H groups in total. The summed E-state index contributed by atoms with van der Waals surface area (Å²) in [4.78, 5) is 0. The van der Waals surface area contributed by atoms with Crippen LogP contribution in [0, 0.1) is 75.6 Å². The van der Waals surface area contributed by atoms with Crippen molar-refractivity contribution in [3.8, 4) is 22.6 Å². The van der Waals surface area contributed by atoms with Crippen molar-refractivity contribution in [1.82, 2.24) is 0 Å². The van der Waals surface area contributed by atoms with E-state index in [1.807, 2.05) is 0 Å². The standard InChI is InChI=1S/C18HF13O/c19-2-1-3(20)7(22)17(6(2)21)32-18-15(30)10(25)5(11(26)16(18)31)4-8(23)12(27)14(29)13(28)9(4)24/h1H. The van der Waals surface area contributed by atoms with Crippen LogP contribution in [0.4, 0.5) is 57.1 Å². The van der Waals surface area contributed by atoms with Crippen LogP contribution in [-0.4, -0.2) is 0 Å². The predicted molar refractivity (Wildman–Crippen MR) is 77.8 cm³/mol. The van der Waals surface area contributed by atoms with Gasteiger partial charge in [-0.2, -0.15) is 17.6 Å². The number of benzene rings is 3. The van der Waals surface area contributed by atoms with E-state index in [0.29, 0.717) is 0 Å². The summed E-state index contributed by atoms with van der Waals surface area (Å²) in [6, 6.07) is -0.350. The van der Waals surface area contributed by atoms with Gasteiger partial charge in [0.1, 0.15) is 0 Å². The van der Waals surface area contributed by atoms with Crippen LogP contribution in [0.2, 0.25) is 0 Å². The Bertz CT molecular complexity index is 1200. The summed E-state index contributed by atoms with van der Waals surface area (Å²) in [7, 11) is 0. The molecule has 0 spiro atoms. The smallest absolute Gasteiger partial charge is 0.205 e. The molecule has 0 aliphatic carbocycles. The van der Waals surface area contributed by atoms with Gasteiger partial charge >= 0.3 is 0 Å². The molecule has 0 saturated carbocycles. The van der Waals surface area contributed by atoms with Gasteiger partial charge in [-0.1, -0.05) is 0 Å². The predicted octanol–water partition coefficient (Wildman–Crippen LogP) is 6.95. The van der Waals surface area contributed by atoms with Gasteiger partial charge in [-0.25, -0.2) is 39.5 Å². The first-order valence-corrected chi connectivity index (χ1v) is 7.69. The minimum Gasteiger partial charge on any atom is -0.444 e. The Labute approximate surface area is 167 Å². The molecule has 0 aliphatic rings. The molecule has 32 heavy (non-hydrogen) atoms. The lowest BCUT2D eigenvalue weighted by Crippen LogP contribution is -2.10. The molecule has 1 nitrogen and oxygen atoms in total. The number of hydrogen-bond donors (Lipinski definition) is 0. The quantitative estimate of drug-likeness (QED) is 0.224. The maximum absolute atomic E-state index is 14.3. The van der Waals surface area contributed by atoms with Gasteiger partial charge in [-0.15, -0.1) is 0 Å². The molecule has 14 heteroatoms. The van der Waals surface area contributed by atoms with Crippen LogP contribution in [0.1, 0.15) is 0 Å². The highest BCUT2D eigenvalue weighted by molar-refractivity contribution is 5.68. The van der Waals surface area contributed by atoms with Crippen molar-refractivity contribution in [3.63, 3.8) is 0 Å². The van der Waals surface area contributed by atoms with Gasteiger partial charge in [-0.3, -0.25) is 0 Å². The zero-order chi connectivity index (χ0) is 24.2. The molecule has 0 unspecified atom stereocenters. The summed E-state index contributed by atoms with van der Waals surface area (Å²) in [5.41, 5.74) is -4.86. The van der Waals surface area contributed by atoms with Crippen LogP contribution in [0.15, 0.2) is 6.07 Å². The molecule has 0 bridgehead atoms. The number of halogens is 13. The van der Waals surface area contributed by atoms with Gasteiger partial charge in [0.25, 0.3) is 0 Å². The Morgan fingerprint density at radius 2 is 0.625 bits per heavy atom. The van der Waals surface area contributed by atoms with Crippen LogP contribution >= 0.6 is 0 Å². The van der Waals surface area contributed by atoms with E-state index >= 15 is 0 Å². The monoisotopic (exact) mass is 480 g/mol. The molecule has 0 saturated heterocycles. The molecule has 3 aromatic carbocycles. The summed E-state index contributed by atoms with van der Waals surface area (Å²) in [6.07, 6.45) is 0. The van der Waals surface area contributed by atoms with Crippen molar-refractivity contribution >= 4 is 0 Å². The summed E-state index contributed by atoms with van der Waals surface area (Å²) < 4.78 is 182. The lowest BCUT2D eigenvalue weighted by molar-refractivity contribution is 0.325. The molecule has 170 valence electrons. The second-order valence-electron chi connectivity index (χ2n) is 5.80. The van der Waals surface area contributed by atoms with E-state index in [2.05, 4.69) is 4.74 Å². The minimum absolute atomic E-state index is 0.350. The molecule has 0 aliphatic heterocycles. The van der Waals surface area contributed by atoms with Crippen molar-refractivity contribution < 1.29 is 61.8 Å². The molecule has 0 atom stereocenters. The van der Waals surface area contributed by atoms with Crippen molar-refractivity contribution in [3.05, 3.63) is 81.7 Å². The second kappa shape index (κ2) is 7.91. The fourth-order valence-corrected chi connectivity index (χ4v) is 2.49. The van der Waals surface area contributed by atoms with Crippen molar-refractivity contribution in [2.75, 3.05) is 0 Å². The molecule has 0 fully saturated rings. The minimum atomic E-state index is -2.83. The van der Waals surface area contributed by atoms with Crippen molar-refractivity contribution in [2.24, 2.45) is 0 Å². The fourth-order valence-electron chi connectivity index (χ4n) is 2.49. The third-order valence-corrected chi connectivity index (χ3v) is 3.96. The SMILES string of the molecule is Fc1cc(F)c(F)c(Oc2c(F)c(F)c(-c3c(F)c(F)c(F)c(F)c3F)c(F)c2F)c1F. The lowest BCUT2D eigenvalue weighted by atomic mass is 10.0. The molecule has 3 rings (SSSR count). The summed E-state index contributed by atoms with van der Waals surface area (Å²) in [6.45, 7) is 0. The third kappa shape index (κ3) is 3.29. The normalized spacial score (nSPS) is 11.3. The van der Waals surface area contributed by atoms with Gasteiger partial charge in [0.05, 0.1) is 11.1 Å². The van der Waals surface area contributed by atoms with E-state index in [-0.39, 0.29) is 6.07 Å². The Hall–Kier alpha value is -3.45. The van der Waals surface area contributed by atoms with Gasteiger partial charge in [0.2, 0.25) is 40.6 Å². The molecular formula is C18HF13O. The molecular weight excluding hydrogens is 479 g/mol. The van der Waals surface area contributed by atoms with E-state index in [1.165, 1.54) is 0 Å². The van der Waals surface area contributed by atoms with E-state index in [0.717, 1.165) is 0 Å². The molecule has 0 aromatic heterocycles. The van der Waals surface area contributed by atoms with Gasteiger partial charge in [0.15, 0.2) is 46.5 Å². The van der Waals surface area contributed by atoms with E-state index in [4.69, 9.17) is 0 Å². The van der Waals surface area contributed by atoms with Crippen LogP contribution in [-0.2, 0) is 0 Å². The van der Waals surface area contributed by atoms with E-state index in [1.54, 1.807) is 0 Å². The van der Waals surface area contributed by atoms with Gasteiger partial charge in [0, 0.05) is 6.07 Å². The van der Waals surface area contributed by atoms with E-state index in [9.17, 15) is 57.1 Å². The van der Waals surface area contributed by atoms with E-state index < -0.39 is 98.2 Å². The van der Waals surface area contributed by atoms with Crippen LogP contribution in [0.5, 0.6) is 11.5 Å². The summed E-state index contributed by atoms with van der Waals surface area (Å²) >= 11 is 0. The highest BCUT2D eigenvalue weighted by atomic mass is 19.2. The zero-order valence-electron chi connectivity index (χ0n) is 14.4. The average molecular weight is 480 g/mol. The molecule has 0 heterocycles. The Balaban J connectivity index is 2.32. The van der Waals surface area contributed by atoms with Crippen molar-refractivity contribution in [2.45, 2.75) is 0 Å². The number of ether oxygens (including phenoxy) is 1. The van der Waals surface area contributed by atoms with Crippen LogP contribution in [0.3, 0.4) is 0 Å². The maximum Gasteiger partial charge on any atom is 0.205 e. The average Bonchev–Trinajstić information content (AvgIpc) is 2.75. The van der Waals surface area contributed by atoms with Gasteiger partial charge in [-0.05, 0) is 0 Å². The Morgan fingerprint density at radius 1 is 0.344 bits per heavy atom. The molecule has 3 aromatic rings. The first-order chi connectivity index (χ1) is 14.8. The lowest BCUT2D eigenvalue weighted by Gasteiger charge is -2.15. The Kier molecular flexibility index (Phi) is 5.74. The zero-order valence-corrected chi connectivity index (χ0v) is 14.4. The topological polar surface area (TPSA) is 9.23 Å². The second-order valence-corrected chi connectivity index (χ2v) is 5.80. The van der Waals surface area contributed by atoms with Crippen LogP contribution < -0.4 is 4.74 Å². The maximum atomic E-state index is 14.3. The fraction of sp³-hybridized carbons (Fsp3) is 0. The first-order valence-electron chi connectivity index (χ1n) is 7.69. The van der Waals surface area contributed by atoms with Crippen molar-refractivity contribution in [1.29, 1.82) is 0 Å². The molecule has 0 amide bonds. The Morgan fingerprint density at radius 3 is 1.00 bits per heavy atom. The summed E-state index contributed by atoms with van der Waals surface area (Å²) in [5.74, 6) is -38.9. The highest BCUT2D eigenvalue weighted by Crippen LogP contribution is 2.42. The first kappa shape index (κ1) is 23.2. The number of rotatable bonds is 3. The van der Waals surface area contributed by atoms with Crippen LogP contribution in [0.25, 0.3) is 11.1 Å². The number of hydrogen-bond acceptors (Lipinski definition) is 1. The largest absolute Gasteiger partial charge is 0.444 e. The molecule has 0 radical (unpaired) electrons. The summed E-state index contributed by atoms with van der Waals surface area (Å²) in [5, 5.41) is 0. The third-order valence-electron chi connectivity index (χ3n) is 3.96. The van der Waals surface area contributed by atoms with Gasteiger partial charge < -0.3 is 4.74 Å².